The number of aliphatic imine (C=N–C) groups is 1. The summed E-state index contributed by atoms with van der Waals surface area (Å²) in [6.07, 6.45) is 3.49. The maximum atomic E-state index is 13.9. The van der Waals surface area contributed by atoms with Crippen LogP contribution in [0, 0.1) is 5.82 Å². The van der Waals surface area contributed by atoms with Crippen molar-refractivity contribution < 1.29 is 13.9 Å². The maximum Gasteiger partial charge on any atom is 0.191 e. The fraction of sp³-hybridized carbons (Fsp3) is 0.591. The van der Waals surface area contributed by atoms with Gasteiger partial charge in [0.15, 0.2) is 11.8 Å². The highest BCUT2D eigenvalue weighted by Gasteiger charge is 2.35. The third-order valence-electron chi connectivity index (χ3n) is 6.22. The van der Waals surface area contributed by atoms with Crippen molar-refractivity contribution in [1.29, 1.82) is 0 Å². The molecular formula is C22H31FN6O2. The monoisotopic (exact) mass is 430 g/mol. The number of aromatic nitrogens is 3. The molecule has 1 aromatic carbocycles. The molecule has 1 saturated heterocycles. The first-order valence-corrected chi connectivity index (χ1v) is 10.8. The molecule has 2 aliphatic heterocycles. The summed E-state index contributed by atoms with van der Waals surface area (Å²) >= 11 is 0. The summed E-state index contributed by atoms with van der Waals surface area (Å²) in [5, 5.41) is 11.5. The maximum absolute atomic E-state index is 13.9. The Hall–Kier alpha value is -2.52. The second-order valence-corrected chi connectivity index (χ2v) is 8.27. The highest BCUT2D eigenvalue weighted by molar-refractivity contribution is 5.80. The largest absolute Gasteiger partial charge is 0.381 e. The summed E-state index contributed by atoms with van der Waals surface area (Å²) < 4.78 is 26.6. The lowest BCUT2D eigenvalue weighted by molar-refractivity contribution is 0.0512. The number of guanidine groups is 1. The van der Waals surface area contributed by atoms with Crippen LogP contribution in [0.3, 0.4) is 0 Å². The zero-order valence-corrected chi connectivity index (χ0v) is 18.2. The number of halogens is 1. The molecule has 1 aromatic heterocycles. The van der Waals surface area contributed by atoms with Crippen molar-refractivity contribution in [3.63, 3.8) is 0 Å². The zero-order valence-electron chi connectivity index (χ0n) is 18.2. The van der Waals surface area contributed by atoms with Crippen molar-refractivity contribution in [1.82, 2.24) is 25.4 Å². The number of nitrogens with zero attached hydrogens (tertiary/aromatic N) is 4. The standard InChI is InChI=1S/C22H31FN6O2/c1-24-21(26-18-6-7-20-27-19(14-30-2)28-29(20)13-18)25-15-22(8-10-31-11-9-22)16-4-3-5-17(23)12-16/h3-5,12,18H,6-11,13-15H2,1-2H3,(H2,24,25,26). The summed E-state index contributed by atoms with van der Waals surface area (Å²) in [5.41, 5.74) is 0.827. The molecule has 1 atom stereocenters. The molecule has 8 nitrogen and oxygen atoms in total. The summed E-state index contributed by atoms with van der Waals surface area (Å²) in [7, 11) is 3.42. The van der Waals surface area contributed by atoms with E-state index in [9.17, 15) is 4.39 Å². The van der Waals surface area contributed by atoms with E-state index in [4.69, 9.17) is 9.47 Å². The molecular weight excluding hydrogens is 399 g/mol. The van der Waals surface area contributed by atoms with Crippen LogP contribution in [-0.2, 0) is 34.5 Å². The summed E-state index contributed by atoms with van der Waals surface area (Å²) in [5.74, 6) is 2.26. The predicted octanol–water partition coefficient (Wildman–Crippen LogP) is 1.79. The Bertz CT molecular complexity index is 909. The van der Waals surface area contributed by atoms with Crippen LogP contribution in [0.4, 0.5) is 4.39 Å². The van der Waals surface area contributed by atoms with Crippen LogP contribution in [0.2, 0.25) is 0 Å². The van der Waals surface area contributed by atoms with Gasteiger partial charge in [0, 0.05) is 51.8 Å². The molecule has 0 aliphatic carbocycles. The van der Waals surface area contributed by atoms with Crippen LogP contribution >= 0.6 is 0 Å². The van der Waals surface area contributed by atoms with Crippen molar-refractivity contribution >= 4 is 5.96 Å². The predicted molar refractivity (Wildman–Crippen MR) is 115 cm³/mol. The average molecular weight is 431 g/mol. The molecule has 2 N–H and O–H groups in total. The number of hydrogen-bond donors (Lipinski definition) is 2. The number of methoxy groups -OCH3 is 1. The molecule has 4 rings (SSSR count). The van der Waals surface area contributed by atoms with E-state index in [0.29, 0.717) is 26.4 Å². The SMILES string of the molecule is CN=C(NCC1(c2cccc(F)c2)CCOCC1)NC1CCc2nc(COC)nn2C1. The van der Waals surface area contributed by atoms with Crippen molar-refractivity contribution in [3.05, 3.63) is 47.3 Å². The summed E-state index contributed by atoms with van der Waals surface area (Å²) in [4.78, 5) is 8.96. The molecule has 1 unspecified atom stereocenters. The van der Waals surface area contributed by atoms with Crippen LogP contribution < -0.4 is 10.6 Å². The lowest BCUT2D eigenvalue weighted by Crippen LogP contribution is -2.51. The number of nitrogens with one attached hydrogen (secondary N) is 2. The van der Waals surface area contributed by atoms with E-state index in [1.807, 2.05) is 10.7 Å². The minimum Gasteiger partial charge on any atom is -0.381 e. The molecule has 0 bridgehead atoms. The molecule has 9 heteroatoms. The van der Waals surface area contributed by atoms with Crippen molar-refractivity contribution in [2.24, 2.45) is 4.99 Å². The third kappa shape index (κ3) is 5.04. The first kappa shape index (κ1) is 21.7. The molecule has 0 radical (unpaired) electrons. The van der Waals surface area contributed by atoms with Crippen LogP contribution in [0.5, 0.6) is 0 Å². The van der Waals surface area contributed by atoms with E-state index >= 15 is 0 Å². The second kappa shape index (κ2) is 9.74. The van der Waals surface area contributed by atoms with E-state index in [1.165, 1.54) is 6.07 Å². The molecule has 0 saturated carbocycles. The normalized spacial score (nSPS) is 20.9. The van der Waals surface area contributed by atoms with E-state index in [0.717, 1.165) is 55.4 Å². The molecule has 3 heterocycles. The minimum atomic E-state index is -0.204. The van der Waals surface area contributed by atoms with Gasteiger partial charge in [-0.3, -0.25) is 4.99 Å². The Morgan fingerprint density at radius 3 is 2.97 bits per heavy atom. The number of fused-ring (bicyclic) bond motifs is 1. The van der Waals surface area contributed by atoms with Crippen LogP contribution in [0.15, 0.2) is 29.3 Å². The number of rotatable bonds is 6. The van der Waals surface area contributed by atoms with Gasteiger partial charge in [0.25, 0.3) is 0 Å². The molecule has 2 aromatic rings. The minimum absolute atomic E-state index is 0.182. The van der Waals surface area contributed by atoms with E-state index in [-0.39, 0.29) is 17.3 Å². The van der Waals surface area contributed by atoms with Crippen molar-refractivity contribution in [3.8, 4) is 0 Å². The van der Waals surface area contributed by atoms with Gasteiger partial charge in [-0.15, -0.1) is 0 Å². The number of hydrogen-bond acceptors (Lipinski definition) is 5. The average Bonchev–Trinajstić information content (AvgIpc) is 3.19. The highest BCUT2D eigenvalue weighted by atomic mass is 19.1. The van der Waals surface area contributed by atoms with Gasteiger partial charge in [-0.1, -0.05) is 12.1 Å². The van der Waals surface area contributed by atoms with Crippen molar-refractivity contribution in [2.45, 2.75) is 50.3 Å². The van der Waals surface area contributed by atoms with Crippen LogP contribution in [-0.4, -0.2) is 60.7 Å². The highest BCUT2D eigenvalue weighted by Crippen LogP contribution is 2.34. The molecule has 2 aliphatic rings. The van der Waals surface area contributed by atoms with Gasteiger partial charge in [0.2, 0.25) is 0 Å². The molecule has 168 valence electrons. The van der Waals surface area contributed by atoms with Gasteiger partial charge in [-0.05, 0) is 37.0 Å². The summed E-state index contributed by atoms with van der Waals surface area (Å²) in [6, 6.07) is 7.13. The number of benzene rings is 1. The smallest absolute Gasteiger partial charge is 0.191 e. The van der Waals surface area contributed by atoms with Gasteiger partial charge in [-0.2, -0.15) is 5.10 Å². The van der Waals surface area contributed by atoms with Gasteiger partial charge in [-0.25, -0.2) is 14.1 Å². The molecule has 0 spiro atoms. The Balaban J connectivity index is 1.40. The first-order chi connectivity index (χ1) is 15.1. The van der Waals surface area contributed by atoms with Gasteiger partial charge in [0.05, 0.1) is 6.54 Å². The second-order valence-electron chi connectivity index (χ2n) is 8.27. The number of ether oxygens (including phenoxy) is 2. The van der Waals surface area contributed by atoms with E-state index in [1.54, 1.807) is 26.3 Å². The topological polar surface area (TPSA) is 85.6 Å². The zero-order chi connectivity index (χ0) is 21.7. The summed E-state index contributed by atoms with van der Waals surface area (Å²) in [6.45, 7) is 3.17. The Morgan fingerprint density at radius 1 is 1.39 bits per heavy atom. The first-order valence-electron chi connectivity index (χ1n) is 10.8. The third-order valence-corrected chi connectivity index (χ3v) is 6.22. The quantitative estimate of drug-likeness (QED) is 0.537. The Kier molecular flexibility index (Phi) is 6.82. The molecule has 0 amide bonds. The van der Waals surface area contributed by atoms with Crippen LogP contribution in [0.1, 0.15) is 36.5 Å². The Labute approximate surface area is 182 Å². The van der Waals surface area contributed by atoms with E-state index in [2.05, 4.69) is 25.7 Å². The van der Waals surface area contributed by atoms with Gasteiger partial charge >= 0.3 is 0 Å². The number of aryl methyl sites for hydroxylation is 1. The van der Waals surface area contributed by atoms with Crippen molar-refractivity contribution in [2.75, 3.05) is 33.9 Å². The fourth-order valence-electron chi connectivity index (χ4n) is 4.46. The Morgan fingerprint density at radius 2 is 2.23 bits per heavy atom. The molecule has 31 heavy (non-hydrogen) atoms. The lowest BCUT2D eigenvalue weighted by atomic mass is 9.74. The van der Waals surface area contributed by atoms with Gasteiger partial charge in [0.1, 0.15) is 18.2 Å². The van der Waals surface area contributed by atoms with E-state index < -0.39 is 0 Å². The molecule has 1 fully saturated rings. The van der Waals surface area contributed by atoms with Gasteiger partial charge < -0.3 is 20.1 Å². The lowest BCUT2D eigenvalue weighted by Gasteiger charge is -2.38. The fourth-order valence-corrected chi connectivity index (χ4v) is 4.46. The van der Waals surface area contributed by atoms with Crippen LogP contribution in [0.25, 0.3) is 0 Å².